The molecule has 0 spiro atoms. The summed E-state index contributed by atoms with van der Waals surface area (Å²) in [6, 6.07) is 13.7. The Morgan fingerprint density at radius 3 is 2.48 bits per heavy atom. The normalized spacial score (nSPS) is 15.2. The van der Waals surface area contributed by atoms with Gasteiger partial charge in [0.25, 0.3) is 5.91 Å². The van der Waals surface area contributed by atoms with E-state index >= 15 is 0 Å². The lowest BCUT2D eigenvalue weighted by Gasteiger charge is -2.34. The fraction of sp³-hybridized carbons (Fsp3) is 0.250. The summed E-state index contributed by atoms with van der Waals surface area (Å²) in [4.78, 5) is 25.3. The number of rotatable bonds is 3. The molecule has 2 N–H and O–H groups in total. The molecule has 2 heterocycles. The maximum Gasteiger partial charge on any atom is 0.256 e. The summed E-state index contributed by atoms with van der Waals surface area (Å²) in [5.74, 6) is 0.396. The molecule has 0 atom stereocenters. The molecule has 4 rings (SSSR count). The van der Waals surface area contributed by atoms with Crippen molar-refractivity contribution in [2.45, 2.75) is 6.54 Å². The van der Waals surface area contributed by atoms with Crippen LogP contribution in [0.15, 0.2) is 48.5 Å². The van der Waals surface area contributed by atoms with Crippen molar-refractivity contribution in [1.29, 1.82) is 0 Å². The monoisotopic (exact) mass is 365 g/mol. The van der Waals surface area contributed by atoms with Crippen LogP contribution in [0.3, 0.4) is 0 Å². The highest BCUT2D eigenvalue weighted by atomic mass is 19.1. The Morgan fingerprint density at radius 1 is 1.00 bits per heavy atom. The van der Waals surface area contributed by atoms with Crippen molar-refractivity contribution >= 4 is 22.6 Å². The van der Waals surface area contributed by atoms with Crippen molar-refractivity contribution in [2.24, 2.45) is 0 Å². The second-order valence-corrected chi connectivity index (χ2v) is 6.59. The average molecular weight is 365 g/mol. The Hall–Kier alpha value is -3.06. The fourth-order valence-electron chi connectivity index (χ4n) is 3.34. The molecule has 1 amide bonds. The largest absolute Gasteiger partial charge is 0.383 e. The lowest BCUT2D eigenvalue weighted by molar-refractivity contribution is 0.0621. The number of piperazine rings is 1. The highest BCUT2D eigenvalue weighted by Gasteiger charge is 2.24. The van der Waals surface area contributed by atoms with E-state index in [0.29, 0.717) is 44.4 Å². The summed E-state index contributed by atoms with van der Waals surface area (Å²) >= 11 is 0. The minimum absolute atomic E-state index is 0.122. The minimum atomic E-state index is -0.482. The average Bonchev–Trinajstić information content (AvgIpc) is 2.68. The second-order valence-electron chi connectivity index (χ2n) is 6.59. The number of anilines is 1. The zero-order valence-corrected chi connectivity index (χ0v) is 14.8. The van der Waals surface area contributed by atoms with Crippen LogP contribution < -0.4 is 5.73 Å². The molecule has 0 aliphatic carbocycles. The van der Waals surface area contributed by atoms with E-state index in [0.717, 1.165) is 10.9 Å². The van der Waals surface area contributed by atoms with Crippen molar-refractivity contribution in [3.63, 3.8) is 0 Å². The van der Waals surface area contributed by atoms with Gasteiger partial charge in [0.05, 0.1) is 17.6 Å². The SMILES string of the molecule is Nc1nc(CN2CCN(C(=O)c3ccccc3F)CC2)nc2ccccc12. The molecule has 3 aromatic rings. The number of fused-ring (bicyclic) bond motifs is 1. The molecule has 0 bridgehead atoms. The number of benzene rings is 2. The number of hydrogen-bond acceptors (Lipinski definition) is 5. The van der Waals surface area contributed by atoms with Crippen molar-refractivity contribution < 1.29 is 9.18 Å². The zero-order chi connectivity index (χ0) is 18.8. The van der Waals surface area contributed by atoms with Crippen molar-refractivity contribution in [2.75, 3.05) is 31.9 Å². The van der Waals surface area contributed by atoms with Crippen LogP contribution in [0.2, 0.25) is 0 Å². The van der Waals surface area contributed by atoms with Crippen LogP contribution in [0.25, 0.3) is 10.9 Å². The molecular formula is C20H20FN5O. The molecule has 7 heteroatoms. The number of nitrogen functional groups attached to an aromatic ring is 1. The maximum absolute atomic E-state index is 13.8. The number of carbonyl (C=O) groups excluding carboxylic acids is 1. The van der Waals surface area contributed by atoms with Gasteiger partial charge in [-0.25, -0.2) is 14.4 Å². The van der Waals surface area contributed by atoms with Crippen LogP contribution in [0, 0.1) is 5.82 Å². The molecule has 1 saturated heterocycles. The number of halogens is 1. The van der Waals surface area contributed by atoms with Gasteiger partial charge >= 0.3 is 0 Å². The summed E-state index contributed by atoms with van der Waals surface area (Å²) in [6.07, 6.45) is 0. The molecule has 1 aromatic heterocycles. The third-order valence-electron chi connectivity index (χ3n) is 4.81. The number of hydrogen-bond donors (Lipinski definition) is 1. The van der Waals surface area contributed by atoms with Crippen LogP contribution in [-0.2, 0) is 6.54 Å². The molecule has 27 heavy (non-hydrogen) atoms. The Bertz CT molecular complexity index is 985. The van der Waals surface area contributed by atoms with Crippen LogP contribution in [0.4, 0.5) is 10.2 Å². The predicted molar refractivity (Wildman–Crippen MR) is 102 cm³/mol. The standard InChI is InChI=1S/C20H20FN5O/c21-16-7-3-1-5-14(16)20(27)26-11-9-25(10-12-26)13-18-23-17-8-4-2-6-15(17)19(22)24-18/h1-8H,9-13H2,(H2,22,23,24). The molecule has 1 aliphatic heterocycles. The van der Waals surface area contributed by atoms with Crippen LogP contribution in [0.5, 0.6) is 0 Å². The van der Waals surface area contributed by atoms with Crippen LogP contribution in [0.1, 0.15) is 16.2 Å². The Kier molecular flexibility index (Phi) is 4.68. The molecule has 6 nitrogen and oxygen atoms in total. The first-order valence-corrected chi connectivity index (χ1v) is 8.89. The smallest absolute Gasteiger partial charge is 0.256 e. The summed E-state index contributed by atoms with van der Waals surface area (Å²) < 4.78 is 13.8. The number of nitrogens with two attached hydrogens (primary N) is 1. The quantitative estimate of drug-likeness (QED) is 0.771. The van der Waals surface area contributed by atoms with Crippen molar-refractivity contribution in [1.82, 2.24) is 19.8 Å². The van der Waals surface area contributed by atoms with Gasteiger partial charge in [0, 0.05) is 31.6 Å². The van der Waals surface area contributed by atoms with Gasteiger partial charge in [-0.2, -0.15) is 0 Å². The third-order valence-corrected chi connectivity index (χ3v) is 4.81. The number of nitrogens with zero attached hydrogens (tertiary/aromatic N) is 4. The van der Waals surface area contributed by atoms with Crippen LogP contribution in [-0.4, -0.2) is 51.9 Å². The molecule has 2 aromatic carbocycles. The van der Waals surface area contributed by atoms with Gasteiger partial charge in [-0.3, -0.25) is 9.69 Å². The first kappa shape index (κ1) is 17.4. The molecule has 0 radical (unpaired) electrons. The lowest BCUT2D eigenvalue weighted by Crippen LogP contribution is -2.48. The Labute approximate surface area is 156 Å². The van der Waals surface area contributed by atoms with Gasteiger partial charge in [0.1, 0.15) is 17.5 Å². The molecule has 0 unspecified atom stereocenters. The van der Waals surface area contributed by atoms with Crippen molar-refractivity contribution in [3.05, 3.63) is 65.7 Å². The van der Waals surface area contributed by atoms with E-state index in [9.17, 15) is 9.18 Å². The summed E-state index contributed by atoms with van der Waals surface area (Å²) in [5, 5.41) is 0.849. The van der Waals surface area contributed by atoms with E-state index in [-0.39, 0.29) is 11.5 Å². The van der Waals surface area contributed by atoms with E-state index in [2.05, 4.69) is 14.9 Å². The fourth-order valence-corrected chi connectivity index (χ4v) is 3.34. The van der Waals surface area contributed by atoms with Gasteiger partial charge < -0.3 is 10.6 Å². The number of para-hydroxylation sites is 1. The molecule has 0 saturated carbocycles. The summed E-state index contributed by atoms with van der Waals surface area (Å²) in [5.41, 5.74) is 6.99. The highest BCUT2D eigenvalue weighted by molar-refractivity contribution is 5.94. The van der Waals surface area contributed by atoms with E-state index in [4.69, 9.17) is 5.73 Å². The van der Waals surface area contributed by atoms with Gasteiger partial charge in [-0.15, -0.1) is 0 Å². The van der Waals surface area contributed by atoms with Crippen molar-refractivity contribution in [3.8, 4) is 0 Å². The van der Waals surface area contributed by atoms with E-state index < -0.39 is 5.82 Å². The molecule has 1 fully saturated rings. The number of carbonyl (C=O) groups is 1. The van der Waals surface area contributed by atoms with Gasteiger partial charge in [0.15, 0.2) is 0 Å². The van der Waals surface area contributed by atoms with Gasteiger partial charge in [0.2, 0.25) is 0 Å². The second kappa shape index (κ2) is 7.28. The zero-order valence-electron chi connectivity index (χ0n) is 14.8. The topological polar surface area (TPSA) is 75.3 Å². The first-order chi connectivity index (χ1) is 13.1. The number of aromatic nitrogens is 2. The predicted octanol–water partition coefficient (Wildman–Crippen LogP) is 2.31. The van der Waals surface area contributed by atoms with E-state index in [1.165, 1.54) is 12.1 Å². The molecular weight excluding hydrogens is 345 g/mol. The lowest BCUT2D eigenvalue weighted by atomic mass is 10.1. The summed E-state index contributed by atoms with van der Waals surface area (Å²) in [7, 11) is 0. The van der Waals surface area contributed by atoms with E-state index in [1.54, 1.807) is 17.0 Å². The van der Waals surface area contributed by atoms with Gasteiger partial charge in [-0.05, 0) is 24.3 Å². The third kappa shape index (κ3) is 3.59. The minimum Gasteiger partial charge on any atom is -0.383 e. The maximum atomic E-state index is 13.8. The van der Waals surface area contributed by atoms with E-state index in [1.807, 2.05) is 24.3 Å². The van der Waals surface area contributed by atoms with Crippen LogP contribution >= 0.6 is 0 Å². The number of amides is 1. The Balaban J connectivity index is 1.41. The summed E-state index contributed by atoms with van der Waals surface area (Å²) in [6.45, 7) is 3.00. The molecule has 138 valence electrons. The first-order valence-electron chi connectivity index (χ1n) is 8.89. The molecule has 1 aliphatic rings. The van der Waals surface area contributed by atoms with Gasteiger partial charge in [-0.1, -0.05) is 24.3 Å². The highest BCUT2D eigenvalue weighted by Crippen LogP contribution is 2.18. The Morgan fingerprint density at radius 2 is 1.70 bits per heavy atom.